The van der Waals surface area contributed by atoms with E-state index in [0.717, 1.165) is 6.54 Å². The highest BCUT2D eigenvalue weighted by Crippen LogP contribution is 2.36. The van der Waals surface area contributed by atoms with Crippen molar-refractivity contribution in [3.8, 4) is 0 Å². The van der Waals surface area contributed by atoms with E-state index in [1.54, 1.807) is 7.11 Å². The number of sulfone groups is 1. The van der Waals surface area contributed by atoms with Gasteiger partial charge in [-0.05, 0) is 25.7 Å². The van der Waals surface area contributed by atoms with E-state index in [9.17, 15) is 8.42 Å². The zero-order valence-electron chi connectivity index (χ0n) is 11.2. The first kappa shape index (κ1) is 14.2. The summed E-state index contributed by atoms with van der Waals surface area (Å²) in [6, 6.07) is 0.110. The second kappa shape index (κ2) is 5.45. The first-order valence-electron chi connectivity index (χ1n) is 6.65. The number of methoxy groups -OCH3 is 1. The van der Waals surface area contributed by atoms with E-state index in [1.165, 1.54) is 12.8 Å². The molecule has 3 unspecified atom stereocenters. The van der Waals surface area contributed by atoms with Crippen LogP contribution in [-0.4, -0.2) is 63.2 Å². The van der Waals surface area contributed by atoms with Gasteiger partial charge in [0.1, 0.15) is 0 Å². The number of nitrogens with zero attached hydrogens (tertiary/aromatic N) is 1. The van der Waals surface area contributed by atoms with Crippen molar-refractivity contribution >= 4 is 9.84 Å². The SMILES string of the molecule is COCCN(C(C)C1CC1)C1CS(=O)(=O)CC1N. The molecule has 0 aromatic rings. The van der Waals surface area contributed by atoms with Gasteiger partial charge in [0.15, 0.2) is 9.84 Å². The smallest absolute Gasteiger partial charge is 0.153 e. The van der Waals surface area contributed by atoms with Crippen molar-refractivity contribution in [2.45, 2.75) is 37.9 Å². The van der Waals surface area contributed by atoms with E-state index in [-0.39, 0.29) is 23.6 Å². The Balaban J connectivity index is 2.07. The third kappa shape index (κ3) is 3.23. The summed E-state index contributed by atoms with van der Waals surface area (Å²) in [5, 5.41) is 0. The Labute approximate surface area is 110 Å². The lowest BCUT2D eigenvalue weighted by Gasteiger charge is -2.35. The molecule has 6 heteroatoms. The Morgan fingerprint density at radius 2 is 2.06 bits per heavy atom. The molecule has 0 bridgehead atoms. The molecule has 18 heavy (non-hydrogen) atoms. The van der Waals surface area contributed by atoms with Crippen LogP contribution in [0.2, 0.25) is 0 Å². The number of hydrogen-bond donors (Lipinski definition) is 1. The maximum atomic E-state index is 11.7. The largest absolute Gasteiger partial charge is 0.383 e. The minimum absolute atomic E-state index is 0.0410. The molecule has 0 amide bonds. The molecule has 5 nitrogen and oxygen atoms in total. The van der Waals surface area contributed by atoms with Gasteiger partial charge in [-0.1, -0.05) is 0 Å². The molecule has 1 saturated carbocycles. The molecule has 1 aliphatic carbocycles. The van der Waals surface area contributed by atoms with E-state index in [1.807, 2.05) is 0 Å². The summed E-state index contributed by atoms with van der Waals surface area (Å²) >= 11 is 0. The Morgan fingerprint density at radius 3 is 2.50 bits per heavy atom. The van der Waals surface area contributed by atoms with Crippen molar-refractivity contribution in [1.29, 1.82) is 0 Å². The minimum atomic E-state index is -2.96. The quantitative estimate of drug-likeness (QED) is 0.731. The van der Waals surface area contributed by atoms with Gasteiger partial charge in [0.25, 0.3) is 0 Å². The van der Waals surface area contributed by atoms with E-state index >= 15 is 0 Å². The van der Waals surface area contributed by atoms with E-state index in [4.69, 9.17) is 10.5 Å². The Kier molecular flexibility index (Phi) is 4.31. The van der Waals surface area contributed by atoms with Gasteiger partial charge in [-0.25, -0.2) is 8.42 Å². The van der Waals surface area contributed by atoms with E-state index in [2.05, 4.69) is 11.8 Å². The highest BCUT2D eigenvalue weighted by molar-refractivity contribution is 7.91. The fourth-order valence-electron chi connectivity index (χ4n) is 2.92. The van der Waals surface area contributed by atoms with Gasteiger partial charge in [-0.2, -0.15) is 0 Å². The molecule has 0 aromatic heterocycles. The fraction of sp³-hybridized carbons (Fsp3) is 1.00. The maximum Gasteiger partial charge on any atom is 0.153 e. The molecule has 1 aliphatic heterocycles. The van der Waals surface area contributed by atoms with Crippen LogP contribution in [0.4, 0.5) is 0 Å². The van der Waals surface area contributed by atoms with Gasteiger partial charge in [-0.3, -0.25) is 4.90 Å². The molecule has 2 N–H and O–H groups in total. The highest BCUT2D eigenvalue weighted by atomic mass is 32.2. The molecular formula is C12H24N2O3S. The average molecular weight is 276 g/mol. The predicted molar refractivity (Wildman–Crippen MR) is 71.2 cm³/mol. The summed E-state index contributed by atoms with van der Waals surface area (Å²) in [6.07, 6.45) is 2.50. The summed E-state index contributed by atoms with van der Waals surface area (Å²) in [4.78, 5) is 2.26. The van der Waals surface area contributed by atoms with Gasteiger partial charge in [0, 0.05) is 31.8 Å². The predicted octanol–water partition coefficient (Wildman–Crippen LogP) is -0.142. The monoisotopic (exact) mass is 276 g/mol. The zero-order chi connectivity index (χ0) is 13.3. The van der Waals surface area contributed by atoms with Crippen molar-refractivity contribution in [3.63, 3.8) is 0 Å². The Bertz CT molecular complexity index is 381. The topological polar surface area (TPSA) is 72.6 Å². The summed E-state index contributed by atoms with van der Waals surface area (Å²) < 4.78 is 28.5. The van der Waals surface area contributed by atoms with Gasteiger partial charge < -0.3 is 10.5 Å². The standard InChI is InChI=1S/C12H24N2O3S/c1-9(10-3-4-10)14(5-6-17-2)12-8-18(15,16)7-11(12)13/h9-12H,3-8,13H2,1-2H3. The van der Waals surface area contributed by atoms with Crippen LogP contribution in [0.1, 0.15) is 19.8 Å². The van der Waals surface area contributed by atoms with Crippen molar-refractivity contribution < 1.29 is 13.2 Å². The lowest BCUT2D eigenvalue weighted by Crippen LogP contribution is -2.52. The first-order valence-corrected chi connectivity index (χ1v) is 8.47. The highest BCUT2D eigenvalue weighted by Gasteiger charge is 2.43. The summed E-state index contributed by atoms with van der Waals surface area (Å²) in [5.74, 6) is 1.03. The van der Waals surface area contributed by atoms with E-state index in [0.29, 0.717) is 18.6 Å². The molecule has 0 spiro atoms. The molecule has 106 valence electrons. The number of ether oxygens (including phenoxy) is 1. The zero-order valence-corrected chi connectivity index (χ0v) is 12.0. The van der Waals surface area contributed by atoms with Crippen LogP contribution in [-0.2, 0) is 14.6 Å². The van der Waals surface area contributed by atoms with Crippen LogP contribution < -0.4 is 5.73 Å². The lowest BCUT2D eigenvalue weighted by atomic mass is 10.1. The second-order valence-electron chi connectivity index (χ2n) is 5.62. The van der Waals surface area contributed by atoms with Gasteiger partial charge >= 0.3 is 0 Å². The molecule has 2 aliphatic rings. The minimum Gasteiger partial charge on any atom is -0.383 e. The Hall–Kier alpha value is -0.170. The first-order chi connectivity index (χ1) is 8.44. The van der Waals surface area contributed by atoms with Crippen LogP contribution in [0, 0.1) is 5.92 Å². The summed E-state index contributed by atoms with van der Waals surface area (Å²) in [7, 11) is -1.29. The molecule has 1 heterocycles. The molecule has 1 saturated heterocycles. The van der Waals surface area contributed by atoms with Gasteiger partial charge in [0.2, 0.25) is 0 Å². The van der Waals surface area contributed by atoms with Crippen molar-refractivity contribution in [3.05, 3.63) is 0 Å². The lowest BCUT2D eigenvalue weighted by molar-refractivity contribution is 0.0839. The van der Waals surface area contributed by atoms with Crippen LogP contribution in [0.5, 0.6) is 0 Å². The van der Waals surface area contributed by atoms with Crippen molar-refractivity contribution in [2.24, 2.45) is 11.7 Å². The van der Waals surface area contributed by atoms with Crippen molar-refractivity contribution in [1.82, 2.24) is 4.90 Å². The molecule has 3 atom stereocenters. The third-order valence-corrected chi connectivity index (χ3v) is 5.91. The average Bonchev–Trinajstić information content (AvgIpc) is 3.06. The van der Waals surface area contributed by atoms with Gasteiger partial charge in [0.05, 0.1) is 18.1 Å². The summed E-state index contributed by atoms with van der Waals surface area (Å²) in [5.41, 5.74) is 6.02. The van der Waals surface area contributed by atoms with Crippen LogP contribution in [0.15, 0.2) is 0 Å². The van der Waals surface area contributed by atoms with E-state index < -0.39 is 9.84 Å². The number of hydrogen-bond acceptors (Lipinski definition) is 5. The van der Waals surface area contributed by atoms with Crippen molar-refractivity contribution in [2.75, 3.05) is 31.8 Å². The van der Waals surface area contributed by atoms with Crippen LogP contribution >= 0.6 is 0 Å². The fourth-order valence-corrected chi connectivity index (χ4v) is 4.82. The van der Waals surface area contributed by atoms with Crippen LogP contribution in [0.3, 0.4) is 0 Å². The second-order valence-corrected chi connectivity index (χ2v) is 7.77. The molecular weight excluding hydrogens is 252 g/mol. The summed E-state index contributed by atoms with van der Waals surface area (Å²) in [6.45, 7) is 3.58. The molecule has 2 fully saturated rings. The number of nitrogens with two attached hydrogens (primary N) is 1. The van der Waals surface area contributed by atoms with Crippen LogP contribution in [0.25, 0.3) is 0 Å². The third-order valence-electron chi connectivity index (χ3n) is 4.17. The molecule has 0 aromatic carbocycles. The molecule has 2 rings (SSSR count). The van der Waals surface area contributed by atoms with Gasteiger partial charge in [-0.15, -0.1) is 0 Å². The Morgan fingerprint density at radius 1 is 1.39 bits per heavy atom. The normalized spacial score (nSPS) is 32.9. The number of rotatable bonds is 6. The molecule has 0 radical (unpaired) electrons. The maximum absolute atomic E-state index is 11.7.